The van der Waals surface area contributed by atoms with E-state index in [1.165, 1.54) is 16.4 Å². The SMILES string of the molecule is Cc1ccc(S(=O)(=O)c2c([NH-])on[n+]2N2CCN(S(C)(=O)=O)CC2)cc1. The number of nitrogens with zero attached hydrogens (tertiary/aromatic N) is 4. The molecule has 1 aromatic carbocycles. The van der Waals surface area contributed by atoms with Gasteiger partial charge < -0.3 is 10.3 Å². The molecule has 0 spiro atoms. The zero-order chi connectivity index (χ0) is 19.1. The third-order valence-electron chi connectivity index (χ3n) is 4.12. The van der Waals surface area contributed by atoms with Crippen LogP contribution in [0, 0.1) is 6.92 Å². The Kier molecular flexibility index (Phi) is 4.67. The summed E-state index contributed by atoms with van der Waals surface area (Å²) in [6, 6.07) is 6.25. The Labute approximate surface area is 151 Å². The number of aryl methyl sites for hydroxylation is 1. The zero-order valence-corrected chi connectivity index (χ0v) is 15.9. The van der Waals surface area contributed by atoms with E-state index in [1.54, 1.807) is 17.1 Å². The quantitative estimate of drug-likeness (QED) is 0.660. The van der Waals surface area contributed by atoms with Gasteiger partial charge in [0.05, 0.1) is 29.0 Å². The Balaban J connectivity index is 1.94. The maximum atomic E-state index is 12.9. The molecule has 3 rings (SSSR count). The van der Waals surface area contributed by atoms with Gasteiger partial charge in [-0.15, -0.1) is 5.01 Å². The van der Waals surface area contributed by atoms with Gasteiger partial charge in [-0.3, -0.25) is 0 Å². The van der Waals surface area contributed by atoms with Gasteiger partial charge in [0.2, 0.25) is 15.3 Å². The van der Waals surface area contributed by atoms with Gasteiger partial charge >= 0.3 is 5.03 Å². The summed E-state index contributed by atoms with van der Waals surface area (Å²) >= 11 is 0. The van der Waals surface area contributed by atoms with Crippen LogP contribution in [0.2, 0.25) is 0 Å². The van der Waals surface area contributed by atoms with Crippen molar-refractivity contribution in [1.29, 1.82) is 0 Å². The Morgan fingerprint density at radius 2 is 1.65 bits per heavy atom. The number of sulfone groups is 1. The predicted molar refractivity (Wildman–Crippen MR) is 91.7 cm³/mol. The average molecular weight is 401 g/mol. The van der Waals surface area contributed by atoms with Crippen molar-refractivity contribution in [1.82, 2.24) is 9.58 Å². The van der Waals surface area contributed by atoms with Crippen molar-refractivity contribution < 1.29 is 26.1 Å². The highest BCUT2D eigenvalue weighted by molar-refractivity contribution is 7.91. The summed E-state index contributed by atoms with van der Waals surface area (Å²) in [5.74, 6) is -0.573. The number of rotatable bonds is 4. The van der Waals surface area contributed by atoms with Gasteiger partial charge in [-0.2, -0.15) is 4.31 Å². The van der Waals surface area contributed by atoms with Crippen LogP contribution in [0.5, 0.6) is 0 Å². The minimum absolute atomic E-state index is 0.0309. The second-order valence-corrected chi connectivity index (χ2v) is 9.88. The van der Waals surface area contributed by atoms with E-state index in [2.05, 4.69) is 5.27 Å². The van der Waals surface area contributed by atoms with E-state index in [-0.39, 0.29) is 36.1 Å². The van der Waals surface area contributed by atoms with Crippen LogP contribution in [0.3, 0.4) is 0 Å². The molecule has 1 N–H and O–H groups in total. The Morgan fingerprint density at radius 1 is 1.08 bits per heavy atom. The molecule has 142 valence electrons. The van der Waals surface area contributed by atoms with Gasteiger partial charge in [0.25, 0.3) is 9.84 Å². The number of nitrogens with one attached hydrogen (secondary N) is 1. The molecular formula is C14H19N5O5S2. The van der Waals surface area contributed by atoms with E-state index >= 15 is 0 Å². The predicted octanol–water partition coefficient (Wildman–Crippen LogP) is 0.000220. The maximum absolute atomic E-state index is 12.9. The van der Waals surface area contributed by atoms with E-state index in [0.29, 0.717) is 0 Å². The van der Waals surface area contributed by atoms with Crippen LogP contribution in [-0.4, -0.2) is 58.8 Å². The fraction of sp³-hybridized carbons (Fsp3) is 0.429. The van der Waals surface area contributed by atoms with Gasteiger partial charge in [-0.25, -0.2) is 16.8 Å². The molecule has 0 unspecified atom stereocenters. The lowest BCUT2D eigenvalue weighted by Crippen LogP contribution is -2.67. The van der Waals surface area contributed by atoms with E-state index in [0.717, 1.165) is 16.6 Å². The molecular weight excluding hydrogens is 382 g/mol. The molecule has 2 heterocycles. The molecule has 12 heteroatoms. The minimum Gasteiger partial charge on any atom is -0.659 e. The summed E-state index contributed by atoms with van der Waals surface area (Å²) in [7, 11) is -7.33. The van der Waals surface area contributed by atoms with Crippen molar-refractivity contribution in [2.75, 3.05) is 37.4 Å². The van der Waals surface area contributed by atoms with Gasteiger partial charge in [-0.1, -0.05) is 17.7 Å². The summed E-state index contributed by atoms with van der Waals surface area (Å²) in [6.45, 7) is 2.67. The summed E-state index contributed by atoms with van der Waals surface area (Å²) in [5.41, 5.74) is 8.74. The molecule has 10 nitrogen and oxygen atoms in total. The van der Waals surface area contributed by atoms with E-state index in [9.17, 15) is 16.8 Å². The number of piperazine rings is 1. The van der Waals surface area contributed by atoms with Crippen molar-refractivity contribution in [3.8, 4) is 0 Å². The first kappa shape index (κ1) is 18.6. The first-order valence-corrected chi connectivity index (χ1v) is 11.1. The summed E-state index contributed by atoms with van der Waals surface area (Å²) in [6.07, 6.45) is 1.13. The van der Waals surface area contributed by atoms with Crippen LogP contribution in [0.25, 0.3) is 5.73 Å². The molecule has 0 radical (unpaired) electrons. The van der Waals surface area contributed by atoms with Crippen LogP contribution >= 0.6 is 0 Å². The number of hydrogen-bond acceptors (Lipinski definition) is 7. The Morgan fingerprint density at radius 3 is 2.19 bits per heavy atom. The van der Waals surface area contributed by atoms with Gasteiger partial charge in [-0.05, 0) is 19.1 Å². The van der Waals surface area contributed by atoms with Gasteiger partial charge in [0.1, 0.15) is 5.88 Å². The molecule has 1 aliphatic rings. The largest absolute Gasteiger partial charge is 0.659 e. The van der Waals surface area contributed by atoms with Crippen molar-refractivity contribution in [3.05, 3.63) is 35.6 Å². The third kappa shape index (κ3) is 3.39. The highest BCUT2D eigenvalue weighted by Gasteiger charge is 2.39. The molecule has 2 aromatic rings. The summed E-state index contributed by atoms with van der Waals surface area (Å²) in [5, 5.41) is 4.83. The normalized spacial score (nSPS) is 16.8. The lowest BCUT2D eigenvalue weighted by atomic mass is 10.2. The highest BCUT2D eigenvalue weighted by Crippen LogP contribution is 2.26. The summed E-state index contributed by atoms with van der Waals surface area (Å²) in [4.78, 5) is 1.07. The van der Waals surface area contributed by atoms with Gasteiger partial charge in [0.15, 0.2) is 0 Å². The molecule has 1 saturated heterocycles. The molecule has 0 atom stereocenters. The Hall–Kier alpha value is -2.18. The molecule has 0 saturated carbocycles. The lowest BCUT2D eigenvalue weighted by Gasteiger charge is -2.28. The zero-order valence-electron chi connectivity index (χ0n) is 14.3. The number of hydrogen-bond donors (Lipinski definition) is 0. The number of aromatic nitrogens is 2. The summed E-state index contributed by atoms with van der Waals surface area (Å²) < 4.78 is 55.2. The van der Waals surface area contributed by atoms with Crippen LogP contribution in [0.15, 0.2) is 38.7 Å². The molecule has 1 fully saturated rings. The molecule has 26 heavy (non-hydrogen) atoms. The standard InChI is InChI=1S/C14H19N5O5S2/c1-11-3-5-12(6-4-11)26(22,23)14-13(15)24-16-19(14)17-7-9-18(10-8-17)25(2,20)21/h3-6,15H,7-10H2,1-2H3. The smallest absolute Gasteiger partial charge is 0.385 e. The van der Waals surface area contributed by atoms with E-state index in [1.807, 2.05) is 6.92 Å². The van der Waals surface area contributed by atoms with E-state index < -0.39 is 25.7 Å². The first-order chi connectivity index (χ1) is 12.1. The number of benzene rings is 1. The fourth-order valence-corrected chi connectivity index (χ4v) is 4.87. The monoisotopic (exact) mass is 401 g/mol. The molecule has 0 aliphatic carbocycles. The van der Waals surface area contributed by atoms with Crippen LogP contribution in [0.1, 0.15) is 5.56 Å². The third-order valence-corrected chi connectivity index (χ3v) is 7.18. The Bertz CT molecular complexity index is 1010. The molecule has 0 amide bonds. The maximum Gasteiger partial charge on any atom is 0.385 e. The second-order valence-electron chi connectivity index (χ2n) is 6.03. The second kappa shape index (κ2) is 6.52. The fourth-order valence-electron chi connectivity index (χ4n) is 2.68. The first-order valence-electron chi connectivity index (χ1n) is 7.76. The van der Waals surface area contributed by atoms with Crippen LogP contribution in [-0.2, 0) is 19.9 Å². The topological polar surface area (TPSA) is 128 Å². The lowest BCUT2D eigenvalue weighted by molar-refractivity contribution is -0.790. The van der Waals surface area contributed by atoms with Crippen LogP contribution < -0.4 is 9.80 Å². The van der Waals surface area contributed by atoms with Gasteiger partial charge in [0, 0.05) is 13.1 Å². The molecule has 0 bridgehead atoms. The van der Waals surface area contributed by atoms with Crippen molar-refractivity contribution in [2.45, 2.75) is 16.8 Å². The molecule has 1 aromatic heterocycles. The highest BCUT2D eigenvalue weighted by atomic mass is 32.2. The number of sulfonamides is 1. The molecule has 1 aliphatic heterocycles. The van der Waals surface area contributed by atoms with Crippen molar-refractivity contribution >= 4 is 25.7 Å². The van der Waals surface area contributed by atoms with Crippen molar-refractivity contribution in [2.24, 2.45) is 0 Å². The van der Waals surface area contributed by atoms with Crippen LogP contribution in [0.4, 0.5) is 5.88 Å². The van der Waals surface area contributed by atoms with E-state index in [4.69, 9.17) is 10.3 Å². The minimum atomic E-state index is -4.02. The van der Waals surface area contributed by atoms with Crippen molar-refractivity contribution in [3.63, 3.8) is 0 Å². The average Bonchev–Trinajstić information content (AvgIpc) is 2.97.